The van der Waals surface area contributed by atoms with E-state index in [1.807, 2.05) is 12.1 Å². The van der Waals surface area contributed by atoms with Crippen LogP contribution in [-0.2, 0) is 5.41 Å². The fourth-order valence-corrected chi connectivity index (χ4v) is 1.37. The van der Waals surface area contributed by atoms with Gasteiger partial charge in [0.2, 0.25) is 0 Å². The molecule has 0 fully saturated rings. The van der Waals surface area contributed by atoms with Gasteiger partial charge in [0.25, 0.3) is 0 Å². The maximum absolute atomic E-state index is 5.88. The molecule has 2 nitrogen and oxygen atoms in total. The molecule has 1 aromatic carbocycles. The molecule has 4 N–H and O–H groups in total. The smallest absolute Gasteiger partial charge is 0.0419 e. The zero-order valence-electron chi connectivity index (χ0n) is 9.25. The Morgan fingerprint density at radius 3 is 2.43 bits per heavy atom. The predicted molar refractivity (Wildman–Crippen MR) is 61.1 cm³/mol. The molecule has 0 saturated carbocycles. The normalized spacial score (nSPS) is 14.1. The summed E-state index contributed by atoms with van der Waals surface area (Å²) in [6.45, 7) is 7.08. The first-order valence-electron chi connectivity index (χ1n) is 5.01. The van der Waals surface area contributed by atoms with Gasteiger partial charge < -0.3 is 11.5 Å². The molecule has 0 aromatic heterocycles. The number of rotatable bonds is 2. The van der Waals surface area contributed by atoms with Gasteiger partial charge in [-0.25, -0.2) is 0 Å². The Balaban J connectivity index is 3.01. The van der Waals surface area contributed by atoms with E-state index in [1.165, 1.54) is 5.56 Å². The maximum Gasteiger partial charge on any atom is 0.0419 e. The van der Waals surface area contributed by atoms with Gasteiger partial charge in [0.05, 0.1) is 0 Å². The summed E-state index contributed by atoms with van der Waals surface area (Å²) in [5.74, 6) is 0. The molecule has 78 valence electrons. The van der Waals surface area contributed by atoms with Crippen molar-refractivity contribution in [3.05, 3.63) is 35.4 Å². The van der Waals surface area contributed by atoms with E-state index < -0.39 is 0 Å². The molecule has 1 atom stereocenters. The molecule has 0 aliphatic rings. The molecule has 0 aliphatic heterocycles. The highest BCUT2D eigenvalue weighted by molar-refractivity contribution is 5.30. The third kappa shape index (κ3) is 2.56. The molecule has 0 amide bonds. The van der Waals surface area contributed by atoms with Gasteiger partial charge >= 0.3 is 0 Å². The number of hydrogen-bond acceptors (Lipinski definition) is 2. The van der Waals surface area contributed by atoms with Crippen molar-refractivity contribution in [1.29, 1.82) is 0 Å². The monoisotopic (exact) mass is 192 g/mol. The number of benzene rings is 1. The second-order valence-corrected chi connectivity index (χ2v) is 4.72. The van der Waals surface area contributed by atoms with Crippen molar-refractivity contribution in [2.75, 3.05) is 6.54 Å². The summed E-state index contributed by atoms with van der Waals surface area (Å²) >= 11 is 0. The van der Waals surface area contributed by atoms with Gasteiger partial charge in [-0.05, 0) is 16.5 Å². The minimum Gasteiger partial charge on any atom is -0.329 e. The molecule has 0 radical (unpaired) electrons. The van der Waals surface area contributed by atoms with Crippen molar-refractivity contribution in [1.82, 2.24) is 0 Å². The fraction of sp³-hybridized carbons (Fsp3) is 0.500. The molecular weight excluding hydrogens is 172 g/mol. The third-order valence-electron chi connectivity index (χ3n) is 2.43. The Morgan fingerprint density at radius 1 is 1.29 bits per heavy atom. The lowest BCUT2D eigenvalue weighted by Gasteiger charge is -2.21. The Kier molecular flexibility index (Phi) is 3.29. The Hall–Kier alpha value is -0.860. The minimum absolute atomic E-state index is 0.0442. The number of nitrogens with two attached hydrogens (primary N) is 2. The third-order valence-corrected chi connectivity index (χ3v) is 2.43. The van der Waals surface area contributed by atoms with Gasteiger partial charge in [-0.1, -0.05) is 45.0 Å². The largest absolute Gasteiger partial charge is 0.329 e. The lowest BCUT2D eigenvalue weighted by Crippen LogP contribution is -2.21. The Labute approximate surface area is 86.3 Å². The summed E-state index contributed by atoms with van der Waals surface area (Å²) in [6, 6.07) is 8.32. The first kappa shape index (κ1) is 11.2. The van der Waals surface area contributed by atoms with Gasteiger partial charge in [0.1, 0.15) is 0 Å². The molecule has 2 heteroatoms. The molecule has 14 heavy (non-hydrogen) atoms. The van der Waals surface area contributed by atoms with Gasteiger partial charge in [-0.3, -0.25) is 0 Å². The summed E-state index contributed by atoms with van der Waals surface area (Å²) in [6.07, 6.45) is 0. The van der Waals surface area contributed by atoms with Crippen LogP contribution in [0.3, 0.4) is 0 Å². The number of hydrogen-bond donors (Lipinski definition) is 2. The summed E-state index contributed by atoms with van der Waals surface area (Å²) in [5.41, 5.74) is 14.0. The fourth-order valence-electron chi connectivity index (χ4n) is 1.37. The topological polar surface area (TPSA) is 52.0 Å². The van der Waals surface area contributed by atoms with Gasteiger partial charge in [0, 0.05) is 12.6 Å². The second kappa shape index (κ2) is 4.11. The van der Waals surface area contributed by atoms with Gasteiger partial charge in [-0.2, -0.15) is 0 Å². The van der Waals surface area contributed by atoms with Gasteiger partial charge in [-0.15, -0.1) is 0 Å². The van der Waals surface area contributed by atoms with Crippen LogP contribution in [0.15, 0.2) is 24.3 Å². The second-order valence-electron chi connectivity index (χ2n) is 4.72. The first-order valence-corrected chi connectivity index (χ1v) is 5.01. The molecule has 1 aromatic rings. The van der Waals surface area contributed by atoms with E-state index in [2.05, 4.69) is 32.9 Å². The molecule has 1 unspecified atom stereocenters. The van der Waals surface area contributed by atoms with E-state index in [4.69, 9.17) is 11.5 Å². The van der Waals surface area contributed by atoms with E-state index in [0.29, 0.717) is 6.54 Å². The van der Waals surface area contributed by atoms with E-state index >= 15 is 0 Å². The SMILES string of the molecule is CC(C)(C)c1cccc(C(N)CN)c1. The van der Waals surface area contributed by atoms with Gasteiger partial charge in [0.15, 0.2) is 0 Å². The molecule has 1 rings (SSSR count). The standard InChI is InChI=1S/C12H20N2/c1-12(2,3)10-6-4-5-9(7-10)11(14)8-13/h4-7,11H,8,13-14H2,1-3H3. The highest BCUT2D eigenvalue weighted by atomic mass is 14.7. The highest BCUT2D eigenvalue weighted by Gasteiger charge is 2.14. The van der Waals surface area contributed by atoms with Crippen LogP contribution in [-0.4, -0.2) is 6.54 Å². The van der Waals surface area contributed by atoms with E-state index in [0.717, 1.165) is 5.56 Å². The highest BCUT2D eigenvalue weighted by Crippen LogP contribution is 2.24. The summed E-state index contributed by atoms with van der Waals surface area (Å²) in [4.78, 5) is 0. The lowest BCUT2D eigenvalue weighted by molar-refractivity contribution is 0.587. The first-order chi connectivity index (χ1) is 6.45. The van der Waals surface area contributed by atoms with Crippen LogP contribution in [0.2, 0.25) is 0 Å². The van der Waals surface area contributed by atoms with Crippen LogP contribution in [0, 0.1) is 0 Å². The van der Waals surface area contributed by atoms with E-state index in [9.17, 15) is 0 Å². The molecule has 0 bridgehead atoms. The summed E-state index contributed by atoms with van der Waals surface area (Å²) < 4.78 is 0. The minimum atomic E-state index is -0.0442. The lowest BCUT2D eigenvalue weighted by atomic mass is 9.85. The zero-order chi connectivity index (χ0) is 10.8. The van der Waals surface area contributed by atoms with Crippen molar-refractivity contribution >= 4 is 0 Å². The molecule has 0 saturated heterocycles. The quantitative estimate of drug-likeness (QED) is 0.752. The summed E-state index contributed by atoms with van der Waals surface area (Å²) in [5, 5.41) is 0. The van der Waals surface area contributed by atoms with Crippen LogP contribution < -0.4 is 11.5 Å². The van der Waals surface area contributed by atoms with Crippen LogP contribution in [0.25, 0.3) is 0 Å². The van der Waals surface area contributed by atoms with E-state index in [-0.39, 0.29) is 11.5 Å². The molecule has 0 heterocycles. The predicted octanol–water partition coefficient (Wildman–Crippen LogP) is 1.94. The van der Waals surface area contributed by atoms with Crippen LogP contribution >= 0.6 is 0 Å². The van der Waals surface area contributed by atoms with E-state index in [1.54, 1.807) is 0 Å². The maximum atomic E-state index is 5.88. The Morgan fingerprint density at radius 2 is 1.93 bits per heavy atom. The van der Waals surface area contributed by atoms with Crippen molar-refractivity contribution in [2.24, 2.45) is 11.5 Å². The average molecular weight is 192 g/mol. The molecule has 0 spiro atoms. The summed E-state index contributed by atoms with van der Waals surface area (Å²) in [7, 11) is 0. The Bertz CT molecular complexity index is 299. The van der Waals surface area contributed by atoms with Crippen LogP contribution in [0.5, 0.6) is 0 Å². The zero-order valence-corrected chi connectivity index (χ0v) is 9.25. The molecular formula is C12H20N2. The molecule has 0 aliphatic carbocycles. The van der Waals surface area contributed by atoms with Crippen molar-refractivity contribution in [3.8, 4) is 0 Å². The van der Waals surface area contributed by atoms with Crippen molar-refractivity contribution < 1.29 is 0 Å². The van der Waals surface area contributed by atoms with Crippen molar-refractivity contribution in [2.45, 2.75) is 32.2 Å². The van der Waals surface area contributed by atoms with Crippen LogP contribution in [0.1, 0.15) is 37.9 Å². The average Bonchev–Trinajstić information content (AvgIpc) is 2.15. The van der Waals surface area contributed by atoms with Crippen LogP contribution in [0.4, 0.5) is 0 Å². The van der Waals surface area contributed by atoms with Crippen molar-refractivity contribution in [3.63, 3.8) is 0 Å².